The molecule has 1 fully saturated rings. The summed E-state index contributed by atoms with van der Waals surface area (Å²) >= 11 is 1.76. The molecule has 0 radical (unpaired) electrons. The van der Waals surface area contributed by atoms with Gasteiger partial charge in [-0.1, -0.05) is 18.2 Å². The molecule has 0 amide bonds. The van der Waals surface area contributed by atoms with E-state index < -0.39 is 0 Å². The summed E-state index contributed by atoms with van der Waals surface area (Å²) in [6, 6.07) is 8.46. The Bertz CT molecular complexity index is 1180. The molecule has 156 valence electrons. The summed E-state index contributed by atoms with van der Waals surface area (Å²) in [6.45, 7) is 9.39. The highest BCUT2D eigenvalue weighted by molar-refractivity contribution is 7.18. The number of benzene rings is 1. The summed E-state index contributed by atoms with van der Waals surface area (Å²) in [5.74, 6) is 1.85. The molecule has 3 aromatic heterocycles. The third kappa shape index (κ3) is 3.80. The monoisotopic (exact) mass is 421 g/mol. The van der Waals surface area contributed by atoms with Gasteiger partial charge >= 0.3 is 0 Å². The van der Waals surface area contributed by atoms with Crippen molar-refractivity contribution in [1.29, 1.82) is 0 Å². The van der Waals surface area contributed by atoms with Crippen LogP contribution in [0.3, 0.4) is 0 Å². The fourth-order valence-electron chi connectivity index (χ4n) is 4.11. The van der Waals surface area contributed by atoms with Gasteiger partial charge in [-0.05, 0) is 37.5 Å². The number of nitrogens with one attached hydrogen (secondary N) is 2. The van der Waals surface area contributed by atoms with E-state index in [1.807, 2.05) is 0 Å². The predicted molar refractivity (Wildman–Crippen MR) is 123 cm³/mol. The first kappa shape index (κ1) is 19.5. The molecule has 1 saturated heterocycles. The van der Waals surface area contributed by atoms with Gasteiger partial charge in [0.05, 0.1) is 25.1 Å². The van der Waals surface area contributed by atoms with Crippen molar-refractivity contribution in [2.24, 2.45) is 0 Å². The fraction of sp³-hybridized carbons (Fsp3) is 0.391. The van der Waals surface area contributed by atoms with Gasteiger partial charge in [-0.25, -0.2) is 9.97 Å². The van der Waals surface area contributed by atoms with Crippen LogP contribution >= 0.6 is 11.3 Å². The second kappa shape index (κ2) is 8.34. The Labute approximate surface area is 180 Å². The highest BCUT2D eigenvalue weighted by atomic mass is 32.1. The Balaban J connectivity index is 1.38. The summed E-state index contributed by atoms with van der Waals surface area (Å²) in [4.78, 5) is 18.0. The normalized spacial score (nSPS) is 15.3. The molecule has 4 aromatic rings. The van der Waals surface area contributed by atoms with Crippen molar-refractivity contribution in [2.45, 2.75) is 26.8 Å². The van der Waals surface area contributed by atoms with Crippen LogP contribution in [0.4, 0.5) is 5.82 Å². The van der Waals surface area contributed by atoms with E-state index in [9.17, 15) is 0 Å². The molecule has 1 aliphatic rings. The molecule has 2 N–H and O–H groups in total. The number of ether oxygens (including phenoxy) is 1. The first-order chi connectivity index (χ1) is 14.7. The lowest BCUT2D eigenvalue weighted by Crippen LogP contribution is -2.36. The van der Waals surface area contributed by atoms with Crippen LogP contribution in [0.1, 0.15) is 21.8 Å². The first-order valence-electron chi connectivity index (χ1n) is 10.5. The van der Waals surface area contributed by atoms with Crippen molar-refractivity contribution in [2.75, 3.05) is 38.2 Å². The van der Waals surface area contributed by atoms with Crippen LogP contribution in [0.25, 0.3) is 21.1 Å². The van der Waals surface area contributed by atoms with Crippen LogP contribution in [0.5, 0.6) is 0 Å². The molecule has 0 saturated carbocycles. The number of aromatic nitrogens is 3. The molecule has 0 bridgehead atoms. The van der Waals surface area contributed by atoms with Crippen LogP contribution in [-0.2, 0) is 17.7 Å². The molecule has 0 aliphatic carbocycles. The van der Waals surface area contributed by atoms with Crippen LogP contribution in [0, 0.1) is 13.8 Å². The van der Waals surface area contributed by atoms with E-state index in [2.05, 4.69) is 59.5 Å². The van der Waals surface area contributed by atoms with E-state index in [1.54, 1.807) is 11.3 Å². The Morgan fingerprint density at radius 3 is 2.87 bits per heavy atom. The van der Waals surface area contributed by atoms with Crippen LogP contribution in [0.15, 0.2) is 30.5 Å². The van der Waals surface area contributed by atoms with Crippen molar-refractivity contribution >= 4 is 38.3 Å². The average molecular weight is 422 g/mol. The number of para-hydroxylation sites is 1. The number of aromatic amines is 1. The summed E-state index contributed by atoms with van der Waals surface area (Å²) in [6.07, 6.45) is 3.06. The molecule has 30 heavy (non-hydrogen) atoms. The Hall–Kier alpha value is -2.48. The number of H-pyrrole nitrogens is 1. The molecule has 0 unspecified atom stereocenters. The lowest BCUT2D eigenvalue weighted by atomic mass is 10.1. The molecule has 1 aromatic carbocycles. The van der Waals surface area contributed by atoms with Crippen molar-refractivity contribution in [3.63, 3.8) is 0 Å². The number of thiophene rings is 1. The molecule has 0 spiro atoms. The van der Waals surface area contributed by atoms with E-state index in [4.69, 9.17) is 14.7 Å². The third-order valence-corrected chi connectivity index (χ3v) is 7.01. The van der Waals surface area contributed by atoms with Gasteiger partial charge < -0.3 is 15.0 Å². The lowest BCUT2D eigenvalue weighted by molar-refractivity contribution is 0.0331. The predicted octanol–water partition coefficient (Wildman–Crippen LogP) is 4.28. The number of fused-ring (bicyclic) bond motifs is 2. The number of anilines is 1. The Kier molecular flexibility index (Phi) is 5.41. The second-order valence-corrected chi connectivity index (χ2v) is 9.08. The van der Waals surface area contributed by atoms with E-state index >= 15 is 0 Å². The number of nitrogens with zero attached hydrogens (tertiary/aromatic N) is 3. The quantitative estimate of drug-likeness (QED) is 0.487. The average Bonchev–Trinajstić information content (AvgIpc) is 3.29. The lowest BCUT2D eigenvalue weighted by Gasteiger charge is -2.25. The second-order valence-electron chi connectivity index (χ2n) is 7.88. The third-order valence-electron chi connectivity index (χ3n) is 5.91. The molecular formula is C23H27N5OS. The van der Waals surface area contributed by atoms with Gasteiger partial charge in [-0.15, -0.1) is 11.3 Å². The minimum atomic E-state index is 0.770. The number of hydrogen-bond acceptors (Lipinski definition) is 6. The van der Waals surface area contributed by atoms with Gasteiger partial charge in [0.2, 0.25) is 0 Å². The summed E-state index contributed by atoms with van der Waals surface area (Å²) < 4.78 is 5.47. The molecule has 6 nitrogen and oxygen atoms in total. The molecular weight excluding hydrogens is 394 g/mol. The SMILES string of the molecule is Cc1sc2nc(CN3CCOCC3)nc(NCCc3c[nH]c4ccccc34)c2c1C. The maximum Gasteiger partial charge on any atom is 0.146 e. The maximum atomic E-state index is 5.47. The molecule has 0 atom stereocenters. The van der Waals surface area contributed by atoms with E-state index in [0.717, 1.165) is 62.3 Å². The van der Waals surface area contributed by atoms with E-state index in [1.165, 1.54) is 32.3 Å². The van der Waals surface area contributed by atoms with E-state index in [0.29, 0.717) is 0 Å². The van der Waals surface area contributed by atoms with Gasteiger partial charge in [0.15, 0.2) is 0 Å². The van der Waals surface area contributed by atoms with Crippen LogP contribution in [-0.4, -0.2) is 52.7 Å². The van der Waals surface area contributed by atoms with Gasteiger partial charge in [-0.3, -0.25) is 4.90 Å². The molecule has 7 heteroatoms. The van der Waals surface area contributed by atoms with Gasteiger partial charge in [0.1, 0.15) is 16.5 Å². The van der Waals surface area contributed by atoms with Crippen molar-refractivity contribution in [1.82, 2.24) is 19.9 Å². The van der Waals surface area contributed by atoms with Gasteiger partial charge in [0.25, 0.3) is 0 Å². The van der Waals surface area contributed by atoms with Gasteiger partial charge in [-0.2, -0.15) is 0 Å². The van der Waals surface area contributed by atoms with Crippen LogP contribution < -0.4 is 5.32 Å². The molecule has 1 aliphatic heterocycles. The number of hydrogen-bond donors (Lipinski definition) is 2. The fourth-order valence-corrected chi connectivity index (χ4v) is 5.15. The van der Waals surface area contributed by atoms with Crippen molar-refractivity contribution < 1.29 is 4.74 Å². The summed E-state index contributed by atoms with van der Waals surface area (Å²) in [5.41, 5.74) is 3.80. The largest absolute Gasteiger partial charge is 0.379 e. The number of aryl methyl sites for hydroxylation is 2. The molecule has 5 rings (SSSR count). The number of morpholine rings is 1. The molecule has 4 heterocycles. The highest BCUT2D eigenvalue weighted by Gasteiger charge is 2.17. The van der Waals surface area contributed by atoms with Gasteiger partial charge in [0, 0.05) is 41.6 Å². The summed E-state index contributed by atoms with van der Waals surface area (Å²) in [5, 5.41) is 6.08. The number of rotatable bonds is 6. The standard InChI is InChI=1S/C23H27N5OS/c1-15-16(2)30-23-21(15)22(26-20(27-23)14-28-9-11-29-12-10-28)24-8-7-17-13-25-19-6-4-3-5-18(17)19/h3-6,13,25H,7-12,14H2,1-2H3,(H,24,26,27). The minimum Gasteiger partial charge on any atom is -0.379 e. The topological polar surface area (TPSA) is 66.1 Å². The summed E-state index contributed by atoms with van der Waals surface area (Å²) in [7, 11) is 0. The Morgan fingerprint density at radius 1 is 1.17 bits per heavy atom. The van der Waals surface area contributed by atoms with Crippen LogP contribution in [0.2, 0.25) is 0 Å². The zero-order valence-electron chi connectivity index (χ0n) is 17.5. The van der Waals surface area contributed by atoms with Crippen molar-refractivity contribution in [3.8, 4) is 0 Å². The zero-order valence-corrected chi connectivity index (χ0v) is 18.3. The zero-order chi connectivity index (χ0) is 20.5. The highest BCUT2D eigenvalue weighted by Crippen LogP contribution is 2.33. The smallest absolute Gasteiger partial charge is 0.146 e. The Morgan fingerprint density at radius 2 is 2.00 bits per heavy atom. The minimum absolute atomic E-state index is 0.770. The van der Waals surface area contributed by atoms with Crippen molar-refractivity contribution in [3.05, 3.63) is 52.3 Å². The van der Waals surface area contributed by atoms with E-state index in [-0.39, 0.29) is 0 Å². The maximum absolute atomic E-state index is 5.47. The first-order valence-corrected chi connectivity index (χ1v) is 11.4.